The van der Waals surface area contributed by atoms with Crippen LogP contribution in [0.4, 0.5) is 0 Å². The Morgan fingerprint density at radius 3 is 2.58 bits per heavy atom. The number of hydrogen-bond acceptors (Lipinski definition) is 0. The summed E-state index contributed by atoms with van der Waals surface area (Å²) in [6.07, 6.45) is 4.23. The zero-order valence-electron chi connectivity index (χ0n) is 7.20. The van der Waals surface area contributed by atoms with Crippen LogP contribution in [0, 0.1) is 5.92 Å². The Morgan fingerprint density at radius 1 is 1.33 bits per heavy atom. The van der Waals surface area contributed by atoms with Crippen molar-refractivity contribution >= 4 is 17.7 Å². The second kappa shape index (κ2) is 5.00. The number of rotatable bonds is 3. The third-order valence-electron chi connectivity index (χ3n) is 1.66. The summed E-state index contributed by atoms with van der Waals surface area (Å²) in [5.41, 5.74) is 1.23. The van der Waals surface area contributed by atoms with E-state index in [4.69, 9.17) is 11.6 Å². The van der Waals surface area contributed by atoms with Gasteiger partial charge in [-0.3, -0.25) is 0 Å². The summed E-state index contributed by atoms with van der Waals surface area (Å²) < 4.78 is 0. The van der Waals surface area contributed by atoms with Crippen LogP contribution in [0.5, 0.6) is 0 Å². The molecule has 1 atom stereocenters. The third-order valence-corrected chi connectivity index (χ3v) is 2.15. The molecule has 1 aromatic carbocycles. The van der Waals surface area contributed by atoms with Crippen LogP contribution in [0.3, 0.4) is 0 Å². The minimum atomic E-state index is 0.451. The Morgan fingerprint density at radius 2 is 2.00 bits per heavy atom. The maximum atomic E-state index is 5.67. The fraction of sp³-hybridized carbons (Fsp3) is 0.273. The SMILES string of the molecule is CC(C=Cc1ccccc1)CCl. The largest absolute Gasteiger partial charge is 0.126 e. The smallest absolute Gasteiger partial charge is 0.0283 e. The van der Waals surface area contributed by atoms with Crippen LogP contribution in [0.15, 0.2) is 36.4 Å². The molecule has 0 fully saturated rings. The van der Waals surface area contributed by atoms with Gasteiger partial charge in [0, 0.05) is 5.88 Å². The summed E-state index contributed by atoms with van der Waals surface area (Å²) in [6, 6.07) is 10.2. The van der Waals surface area contributed by atoms with Crippen LogP contribution >= 0.6 is 11.6 Å². The van der Waals surface area contributed by atoms with E-state index in [0.29, 0.717) is 11.8 Å². The van der Waals surface area contributed by atoms with Crippen molar-refractivity contribution in [1.82, 2.24) is 0 Å². The molecule has 0 aliphatic carbocycles. The molecule has 0 saturated carbocycles. The van der Waals surface area contributed by atoms with E-state index < -0.39 is 0 Å². The highest BCUT2D eigenvalue weighted by molar-refractivity contribution is 6.18. The van der Waals surface area contributed by atoms with Crippen molar-refractivity contribution in [2.45, 2.75) is 6.92 Å². The Bertz CT molecular complexity index is 238. The van der Waals surface area contributed by atoms with Gasteiger partial charge in [0.25, 0.3) is 0 Å². The lowest BCUT2D eigenvalue weighted by atomic mass is 10.1. The van der Waals surface area contributed by atoms with Crippen LogP contribution < -0.4 is 0 Å². The number of hydrogen-bond donors (Lipinski definition) is 0. The molecular formula is C11H13Cl. The van der Waals surface area contributed by atoms with Crippen LogP contribution in [-0.4, -0.2) is 5.88 Å². The van der Waals surface area contributed by atoms with E-state index in [1.807, 2.05) is 18.2 Å². The number of benzene rings is 1. The molecule has 0 amide bonds. The predicted octanol–water partition coefficient (Wildman–Crippen LogP) is 3.57. The lowest BCUT2D eigenvalue weighted by molar-refractivity contribution is 0.846. The first-order valence-corrected chi connectivity index (χ1v) is 4.65. The van der Waals surface area contributed by atoms with Crippen molar-refractivity contribution < 1.29 is 0 Å². The quantitative estimate of drug-likeness (QED) is 0.624. The summed E-state index contributed by atoms with van der Waals surface area (Å²) in [5, 5.41) is 0. The van der Waals surface area contributed by atoms with Crippen molar-refractivity contribution in [3.8, 4) is 0 Å². The molecule has 0 bridgehead atoms. The van der Waals surface area contributed by atoms with Crippen molar-refractivity contribution in [1.29, 1.82) is 0 Å². The average molecular weight is 181 g/mol. The van der Waals surface area contributed by atoms with Crippen molar-refractivity contribution in [2.24, 2.45) is 5.92 Å². The van der Waals surface area contributed by atoms with Gasteiger partial charge in [0.1, 0.15) is 0 Å². The van der Waals surface area contributed by atoms with Gasteiger partial charge >= 0.3 is 0 Å². The van der Waals surface area contributed by atoms with Crippen molar-refractivity contribution in [3.05, 3.63) is 42.0 Å². The van der Waals surface area contributed by atoms with Gasteiger partial charge in [-0.2, -0.15) is 0 Å². The van der Waals surface area contributed by atoms with Gasteiger partial charge in [0.05, 0.1) is 0 Å². The highest BCUT2D eigenvalue weighted by atomic mass is 35.5. The van der Waals surface area contributed by atoms with Gasteiger partial charge < -0.3 is 0 Å². The van der Waals surface area contributed by atoms with Gasteiger partial charge in [-0.25, -0.2) is 0 Å². The van der Waals surface area contributed by atoms with Gasteiger partial charge in [-0.15, -0.1) is 11.6 Å². The molecule has 0 radical (unpaired) electrons. The van der Waals surface area contributed by atoms with Crippen LogP contribution in [-0.2, 0) is 0 Å². The molecule has 0 heterocycles. The topological polar surface area (TPSA) is 0 Å². The molecule has 1 unspecified atom stereocenters. The van der Waals surface area contributed by atoms with E-state index in [1.165, 1.54) is 5.56 Å². The fourth-order valence-electron chi connectivity index (χ4n) is 0.891. The average Bonchev–Trinajstić information content (AvgIpc) is 2.16. The minimum Gasteiger partial charge on any atom is -0.126 e. The minimum absolute atomic E-state index is 0.451. The molecule has 1 rings (SSSR count). The summed E-state index contributed by atoms with van der Waals surface area (Å²) in [5.74, 6) is 1.13. The van der Waals surface area contributed by atoms with Crippen LogP contribution in [0.25, 0.3) is 6.08 Å². The van der Waals surface area contributed by atoms with Gasteiger partial charge in [-0.1, -0.05) is 49.4 Å². The maximum Gasteiger partial charge on any atom is 0.0283 e. The maximum absolute atomic E-state index is 5.67. The second-order valence-electron chi connectivity index (χ2n) is 2.90. The van der Waals surface area contributed by atoms with Crippen LogP contribution in [0.2, 0.25) is 0 Å². The number of allylic oxidation sites excluding steroid dienone is 1. The first-order chi connectivity index (χ1) is 5.83. The molecule has 0 nitrogen and oxygen atoms in total. The first-order valence-electron chi connectivity index (χ1n) is 4.12. The molecule has 0 aliphatic heterocycles. The molecular weight excluding hydrogens is 168 g/mol. The normalized spacial score (nSPS) is 13.5. The summed E-state index contributed by atoms with van der Waals surface area (Å²) in [4.78, 5) is 0. The van der Waals surface area contributed by atoms with Crippen molar-refractivity contribution in [2.75, 3.05) is 5.88 Å². The van der Waals surface area contributed by atoms with Crippen LogP contribution in [0.1, 0.15) is 12.5 Å². The van der Waals surface area contributed by atoms with E-state index in [-0.39, 0.29) is 0 Å². The molecule has 0 aliphatic rings. The molecule has 0 spiro atoms. The highest BCUT2D eigenvalue weighted by Crippen LogP contribution is 2.06. The molecule has 0 saturated heterocycles. The molecule has 0 N–H and O–H groups in total. The van der Waals surface area contributed by atoms with E-state index in [0.717, 1.165) is 0 Å². The third kappa shape index (κ3) is 3.10. The molecule has 12 heavy (non-hydrogen) atoms. The lowest BCUT2D eigenvalue weighted by Gasteiger charge is -1.97. The Hall–Kier alpha value is -0.750. The molecule has 0 aromatic heterocycles. The number of alkyl halides is 1. The Balaban J connectivity index is 2.58. The highest BCUT2D eigenvalue weighted by Gasteiger charge is 1.91. The first kappa shape index (κ1) is 9.34. The van der Waals surface area contributed by atoms with E-state index in [9.17, 15) is 0 Å². The van der Waals surface area contributed by atoms with Gasteiger partial charge in [-0.05, 0) is 11.5 Å². The predicted molar refractivity (Wildman–Crippen MR) is 55.4 cm³/mol. The Labute approximate surface area is 78.9 Å². The standard InChI is InChI=1S/C11H13Cl/c1-10(9-12)7-8-11-5-3-2-4-6-11/h2-8,10H,9H2,1H3. The molecule has 1 heteroatoms. The van der Waals surface area contributed by atoms with E-state index >= 15 is 0 Å². The van der Waals surface area contributed by atoms with Gasteiger partial charge in [0.2, 0.25) is 0 Å². The van der Waals surface area contributed by atoms with E-state index in [1.54, 1.807) is 0 Å². The van der Waals surface area contributed by atoms with E-state index in [2.05, 4.69) is 31.2 Å². The number of halogens is 1. The summed E-state index contributed by atoms with van der Waals surface area (Å²) >= 11 is 5.67. The monoisotopic (exact) mass is 180 g/mol. The lowest BCUT2D eigenvalue weighted by Crippen LogP contribution is -1.88. The van der Waals surface area contributed by atoms with Crippen molar-refractivity contribution in [3.63, 3.8) is 0 Å². The summed E-state index contributed by atoms with van der Waals surface area (Å²) in [7, 11) is 0. The summed E-state index contributed by atoms with van der Waals surface area (Å²) in [6.45, 7) is 2.10. The molecule has 64 valence electrons. The van der Waals surface area contributed by atoms with Gasteiger partial charge in [0.15, 0.2) is 0 Å². The zero-order chi connectivity index (χ0) is 8.81. The second-order valence-corrected chi connectivity index (χ2v) is 3.21. The fourth-order valence-corrected chi connectivity index (χ4v) is 0.994. The molecule has 1 aromatic rings. The Kier molecular flexibility index (Phi) is 3.89. The zero-order valence-corrected chi connectivity index (χ0v) is 7.96.